The summed E-state index contributed by atoms with van der Waals surface area (Å²) >= 11 is 0. The summed E-state index contributed by atoms with van der Waals surface area (Å²) in [5.74, 6) is -0.415. The second kappa shape index (κ2) is 7.54. The van der Waals surface area contributed by atoms with Crippen molar-refractivity contribution < 1.29 is 14.5 Å². The number of carbonyl (C=O) groups is 1. The number of benzene rings is 1. The van der Waals surface area contributed by atoms with Gasteiger partial charge in [0.1, 0.15) is 0 Å². The molecule has 0 aliphatic heterocycles. The molecule has 0 aromatic heterocycles. The van der Waals surface area contributed by atoms with Crippen molar-refractivity contribution >= 4 is 42.3 Å². The van der Waals surface area contributed by atoms with Gasteiger partial charge in [0.2, 0.25) is 0 Å². The van der Waals surface area contributed by atoms with Crippen LogP contribution in [0.15, 0.2) is 24.3 Å². The molecular weight excluding hydrogens is 234 g/mol. The number of hydrogen-bond acceptors (Lipinski definition) is 3. The Bertz CT molecular complexity index is 419. The molecule has 0 unspecified atom stereocenters. The zero-order valence-electron chi connectivity index (χ0n) is 12.4. The van der Waals surface area contributed by atoms with E-state index in [4.69, 9.17) is 9.69 Å². The second-order valence-corrected chi connectivity index (χ2v) is 5.70. The van der Waals surface area contributed by atoms with Gasteiger partial charge in [0, 0.05) is 14.1 Å². The molecule has 0 radical (unpaired) electrons. The van der Waals surface area contributed by atoms with Gasteiger partial charge in [-0.15, -0.1) is 0 Å². The van der Waals surface area contributed by atoms with Crippen LogP contribution in [0.4, 0.5) is 0 Å². The van der Waals surface area contributed by atoms with Crippen molar-refractivity contribution in [1.29, 1.82) is 0 Å². The fourth-order valence-corrected chi connectivity index (χ4v) is 1.87. The molecule has 1 aromatic rings. The van der Waals surface area contributed by atoms with Crippen molar-refractivity contribution in [3.63, 3.8) is 0 Å². The Balaban J connectivity index is 2.62. The number of hydrogen-bond donors (Lipinski definition) is 0. The predicted octanol–water partition coefficient (Wildman–Crippen LogP) is -0.973. The number of carbonyl (C=O) groups excluding carboxylic acids is 1. The van der Waals surface area contributed by atoms with Gasteiger partial charge in [-0.05, 0) is 17.0 Å². The van der Waals surface area contributed by atoms with Crippen molar-refractivity contribution in [1.82, 2.24) is 0 Å². The lowest BCUT2D eigenvalue weighted by atomic mass is 9.07. The van der Waals surface area contributed by atoms with Crippen molar-refractivity contribution in [2.75, 3.05) is 0 Å². The molecule has 0 N–H and O–H groups in total. The highest BCUT2D eigenvalue weighted by molar-refractivity contribution is 7.50. The van der Waals surface area contributed by atoms with Crippen LogP contribution in [-0.4, -0.2) is 42.3 Å². The molecule has 0 bridgehead atoms. The topological polar surface area (TPSA) is 35.5 Å². The summed E-state index contributed by atoms with van der Waals surface area (Å²) in [6.45, 7) is 6.21. The Hall–Kier alpha value is -1.03. The molecule has 0 saturated heterocycles. The van der Waals surface area contributed by atoms with Crippen molar-refractivity contribution in [2.45, 2.75) is 26.2 Å². The molecular formula is C11H19B5O3. The van der Waals surface area contributed by atoms with Crippen LogP contribution in [0.3, 0.4) is 0 Å². The Morgan fingerprint density at radius 2 is 1.89 bits per heavy atom. The van der Waals surface area contributed by atoms with Crippen LogP contribution in [0.2, 0.25) is 0 Å². The van der Waals surface area contributed by atoms with Gasteiger partial charge >= 0.3 is 5.97 Å². The van der Waals surface area contributed by atoms with Crippen LogP contribution in [-0.2, 0) is 15.1 Å². The minimum absolute atomic E-state index is 0.0994. The summed E-state index contributed by atoms with van der Waals surface area (Å²) in [5, 5.41) is 0. The van der Waals surface area contributed by atoms with Crippen LogP contribution in [0, 0.1) is 0 Å². The van der Waals surface area contributed by atoms with Crippen LogP contribution >= 0.6 is 0 Å². The normalized spacial score (nSPS) is 10.5. The first-order chi connectivity index (χ1) is 8.96. The summed E-state index contributed by atoms with van der Waals surface area (Å²) in [5.41, 5.74) is 1.44. The quantitative estimate of drug-likeness (QED) is 0.283. The molecule has 1 rings (SSSR count). The average Bonchev–Trinajstić information content (AvgIpc) is 2.37. The third kappa shape index (κ3) is 5.23. The molecule has 1 aromatic carbocycles. The summed E-state index contributed by atoms with van der Waals surface area (Å²) < 4.78 is 0. The molecule has 8 heteroatoms. The largest absolute Gasteiger partial charge is 0.371 e. The first kappa shape index (κ1) is 16.0. The van der Waals surface area contributed by atoms with E-state index < -0.39 is 5.97 Å². The molecule has 0 heterocycles. The third-order valence-corrected chi connectivity index (χ3v) is 2.92. The Kier molecular flexibility index (Phi) is 6.36. The highest BCUT2D eigenvalue weighted by Gasteiger charge is 2.22. The monoisotopic (exact) mass is 254 g/mol. The van der Waals surface area contributed by atoms with E-state index in [-0.39, 0.29) is 5.41 Å². The van der Waals surface area contributed by atoms with Crippen molar-refractivity contribution in [2.24, 2.45) is 0 Å². The van der Waals surface area contributed by atoms with E-state index in [2.05, 4.69) is 28.5 Å². The van der Waals surface area contributed by atoms with Gasteiger partial charge in [-0.1, -0.05) is 39.0 Å². The maximum atomic E-state index is 12.0. The van der Waals surface area contributed by atoms with Gasteiger partial charge < -0.3 is 4.89 Å². The SMILES string of the molecule is BBBBBOOC(=O)c1ccccc1C(C)(C)C. The molecule has 0 spiro atoms. The lowest BCUT2D eigenvalue weighted by Crippen LogP contribution is -2.23. The van der Waals surface area contributed by atoms with E-state index in [0.717, 1.165) is 26.7 Å². The Morgan fingerprint density at radius 1 is 1.21 bits per heavy atom. The van der Waals surface area contributed by atoms with Crippen LogP contribution < -0.4 is 0 Å². The van der Waals surface area contributed by atoms with Gasteiger partial charge in [0.05, 0.1) is 20.4 Å². The van der Waals surface area contributed by atoms with Crippen LogP contribution in [0.5, 0.6) is 0 Å². The molecule has 0 amide bonds. The minimum atomic E-state index is -0.415. The molecule has 0 atom stereocenters. The maximum Gasteiger partial charge on any atom is 0.371 e. The molecule has 0 fully saturated rings. The summed E-state index contributed by atoms with van der Waals surface area (Å²) in [4.78, 5) is 21.8. The second-order valence-electron chi connectivity index (χ2n) is 5.70. The highest BCUT2D eigenvalue weighted by Crippen LogP contribution is 2.26. The van der Waals surface area contributed by atoms with E-state index in [1.54, 1.807) is 6.07 Å². The van der Waals surface area contributed by atoms with Crippen molar-refractivity contribution in [3.8, 4) is 0 Å². The smallest absolute Gasteiger partial charge is 0.310 e. The Morgan fingerprint density at radius 3 is 2.53 bits per heavy atom. The predicted molar refractivity (Wildman–Crippen MR) is 88.8 cm³/mol. The zero-order valence-corrected chi connectivity index (χ0v) is 12.4. The highest BCUT2D eigenvalue weighted by atomic mass is 17.2. The van der Waals surface area contributed by atoms with Gasteiger partial charge in [-0.3, -0.25) is 4.81 Å². The van der Waals surface area contributed by atoms with Gasteiger partial charge in [0.15, 0.2) is 0 Å². The van der Waals surface area contributed by atoms with Gasteiger partial charge in [-0.2, -0.15) is 0 Å². The fraction of sp³-hybridized carbons (Fsp3) is 0.364. The Labute approximate surface area is 119 Å². The maximum absolute atomic E-state index is 12.0. The van der Waals surface area contributed by atoms with E-state index in [1.807, 2.05) is 18.2 Å². The lowest BCUT2D eigenvalue weighted by molar-refractivity contribution is -0.147. The first-order valence-corrected chi connectivity index (χ1v) is 6.90. The van der Waals surface area contributed by atoms with E-state index in [0.29, 0.717) is 12.9 Å². The lowest BCUT2D eigenvalue weighted by Gasteiger charge is -2.21. The van der Waals surface area contributed by atoms with E-state index in [9.17, 15) is 4.79 Å². The summed E-state index contributed by atoms with van der Waals surface area (Å²) in [6.07, 6.45) is 0. The van der Waals surface area contributed by atoms with Gasteiger partial charge in [-0.25, -0.2) is 4.79 Å². The summed E-state index contributed by atoms with van der Waals surface area (Å²) in [6, 6.07) is 7.49. The standard InChI is InChI=1S/C11H19B5O3/c1-11(2,3)9-7-5-4-6-8(9)10(17)18-19-16-15-14-13-12/h4-7,13-16H,12H2,1-3H3. The van der Waals surface area contributed by atoms with Crippen LogP contribution in [0.25, 0.3) is 0 Å². The van der Waals surface area contributed by atoms with E-state index >= 15 is 0 Å². The molecule has 96 valence electrons. The van der Waals surface area contributed by atoms with Crippen LogP contribution in [0.1, 0.15) is 36.7 Å². The zero-order chi connectivity index (χ0) is 14.3. The molecule has 0 aliphatic carbocycles. The average molecular weight is 253 g/mol. The minimum Gasteiger partial charge on any atom is -0.310 e. The molecule has 19 heavy (non-hydrogen) atoms. The molecule has 0 saturated carbocycles. The molecule has 3 nitrogen and oxygen atoms in total. The summed E-state index contributed by atoms with van der Waals surface area (Å²) in [7, 11) is 5.67. The third-order valence-electron chi connectivity index (χ3n) is 2.92. The van der Waals surface area contributed by atoms with Crippen molar-refractivity contribution in [3.05, 3.63) is 35.4 Å². The first-order valence-electron chi connectivity index (χ1n) is 6.90. The number of rotatable bonds is 6. The molecule has 0 aliphatic rings. The fourth-order valence-electron chi connectivity index (χ4n) is 1.87. The van der Waals surface area contributed by atoms with E-state index in [1.165, 1.54) is 0 Å². The van der Waals surface area contributed by atoms with Gasteiger partial charge in [0.25, 0.3) is 7.37 Å².